The van der Waals surface area contributed by atoms with Gasteiger partial charge in [-0.2, -0.15) is 0 Å². The Balaban J connectivity index is 1.74. The number of carbonyl (C=O) groups is 1. The molecule has 3 heterocycles. The Bertz CT molecular complexity index is 614. The van der Waals surface area contributed by atoms with Crippen LogP contribution in [0.5, 0.6) is 0 Å². The molecule has 0 atom stereocenters. The molecule has 1 aliphatic heterocycles. The fourth-order valence-corrected chi connectivity index (χ4v) is 2.07. The summed E-state index contributed by atoms with van der Waals surface area (Å²) in [6, 6.07) is 5.22. The van der Waals surface area contributed by atoms with Gasteiger partial charge in [-0.05, 0) is 12.1 Å². The minimum absolute atomic E-state index is 0.278. The maximum absolute atomic E-state index is 12.2. The smallest absolute Gasteiger partial charge is 0.274 e. The van der Waals surface area contributed by atoms with E-state index in [9.17, 15) is 4.79 Å². The van der Waals surface area contributed by atoms with Crippen molar-refractivity contribution in [3.05, 3.63) is 42.6 Å². The molecule has 2 aromatic rings. The van der Waals surface area contributed by atoms with Crippen molar-refractivity contribution in [1.82, 2.24) is 15.0 Å². The van der Waals surface area contributed by atoms with Crippen LogP contribution in [-0.4, -0.2) is 47.2 Å². The second-order valence-corrected chi connectivity index (χ2v) is 4.56. The third-order valence-corrected chi connectivity index (χ3v) is 3.14. The van der Waals surface area contributed by atoms with Crippen molar-refractivity contribution < 1.29 is 9.53 Å². The topological polar surface area (TPSA) is 80.2 Å². The van der Waals surface area contributed by atoms with E-state index in [-0.39, 0.29) is 5.91 Å². The number of anilines is 2. The summed E-state index contributed by atoms with van der Waals surface area (Å²) in [5, 5.41) is 2.75. The average Bonchev–Trinajstić information content (AvgIpc) is 2.57. The van der Waals surface area contributed by atoms with E-state index in [4.69, 9.17) is 4.74 Å². The van der Waals surface area contributed by atoms with E-state index in [1.54, 1.807) is 30.6 Å². The third kappa shape index (κ3) is 3.32. The molecule has 2 aromatic heterocycles. The number of hydrogen-bond donors (Lipinski definition) is 1. The van der Waals surface area contributed by atoms with Gasteiger partial charge in [0.15, 0.2) is 0 Å². The van der Waals surface area contributed by atoms with Gasteiger partial charge in [0.1, 0.15) is 17.8 Å². The van der Waals surface area contributed by atoms with E-state index in [0.717, 1.165) is 18.9 Å². The lowest BCUT2D eigenvalue weighted by Crippen LogP contribution is -2.37. The standard InChI is InChI=1S/C14H15N5O2/c20-14(18-11-2-1-3-15-9-11)12-8-13(17-10-16-12)19-4-6-21-7-5-19/h1-3,8-10H,4-7H2,(H,18,20). The summed E-state index contributed by atoms with van der Waals surface area (Å²) < 4.78 is 5.31. The summed E-state index contributed by atoms with van der Waals surface area (Å²) >= 11 is 0. The van der Waals surface area contributed by atoms with Crippen LogP contribution in [0.4, 0.5) is 11.5 Å². The first-order valence-electron chi connectivity index (χ1n) is 6.69. The molecule has 7 heteroatoms. The van der Waals surface area contributed by atoms with Crippen molar-refractivity contribution in [2.24, 2.45) is 0 Å². The first kappa shape index (κ1) is 13.4. The average molecular weight is 285 g/mol. The Morgan fingerprint density at radius 3 is 2.90 bits per heavy atom. The van der Waals surface area contributed by atoms with E-state index < -0.39 is 0 Å². The molecular weight excluding hydrogens is 270 g/mol. The lowest BCUT2D eigenvalue weighted by atomic mass is 10.3. The van der Waals surface area contributed by atoms with Gasteiger partial charge in [-0.1, -0.05) is 0 Å². The molecule has 1 saturated heterocycles. The van der Waals surface area contributed by atoms with Gasteiger partial charge in [-0.15, -0.1) is 0 Å². The second kappa shape index (κ2) is 6.27. The SMILES string of the molecule is O=C(Nc1cccnc1)c1cc(N2CCOCC2)ncn1. The number of nitrogens with one attached hydrogen (secondary N) is 1. The highest BCUT2D eigenvalue weighted by Crippen LogP contribution is 2.14. The van der Waals surface area contributed by atoms with E-state index >= 15 is 0 Å². The van der Waals surface area contributed by atoms with Crippen LogP contribution in [0.3, 0.4) is 0 Å². The van der Waals surface area contributed by atoms with Crippen LogP contribution in [-0.2, 0) is 4.74 Å². The summed E-state index contributed by atoms with van der Waals surface area (Å²) in [4.78, 5) is 26.5. The highest BCUT2D eigenvalue weighted by atomic mass is 16.5. The first-order valence-corrected chi connectivity index (χ1v) is 6.69. The molecule has 7 nitrogen and oxygen atoms in total. The number of amides is 1. The number of morpholine rings is 1. The largest absolute Gasteiger partial charge is 0.378 e. The van der Waals surface area contributed by atoms with Crippen molar-refractivity contribution in [1.29, 1.82) is 0 Å². The molecule has 3 rings (SSSR count). The number of rotatable bonds is 3. The normalized spacial score (nSPS) is 14.8. The maximum Gasteiger partial charge on any atom is 0.274 e. The zero-order valence-electron chi connectivity index (χ0n) is 11.4. The minimum Gasteiger partial charge on any atom is -0.378 e. The Morgan fingerprint density at radius 2 is 2.14 bits per heavy atom. The molecule has 0 aromatic carbocycles. The van der Waals surface area contributed by atoms with Gasteiger partial charge in [0.05, 0.1) is 25.1 Å². The van der Waals surface area contributed by atoms with Crippen LogP contribution in [0.25, 0.3) is 0 Å². The molecule has 0 radical (unpaired) electrons. The van der Waals surface area contributed by atoms with Crippen LogP contribution in [0.1, 0.15) is 10.5 Å². The Morgan fingerprint density at radius 1 is 1.29 bits per heavy atom. The summed E-state index contributed by atoms with van der Waals surface area (Å²) in [6.07, 6.45) is 4.64. The Labute approximate surface area is 122 Å². The lowest BCUT2D eigenvalue weighted by Gasteiger charge is -2.27. The zero-order valence-corrected chi connectivity index (χ0v) is 11.4. The summed E-state index contributed by atoms with van der Waals surface area (Å²) in [5.74, 6) is 0.463. The molecule has 0 unspecified atom stereocenters. The van der Waals surface area contributed by atoms with Gasteiger partial charge in [0.25, 0.3) is 5.91 Å². The van der Waals surface area contributed by atoms with Crippen LogP contribution >= 0.6 is 0 Å². The molecule has 0 saturated carbocycles. The van der Waals surface area contributed by atoms with Gasteiger partial charge < -0.3 is 15.0 Å². The van der Waals surface area contributed by atoms with Crippen molar-refractivity contribution in [3.63, 3.8) is 0 Å². The van der Waals surface area contributed by atoms with E-state index in [2.05, 4.69) is 25.2 Å². The number of pyridine rings is 1. The minimum atomic E-state index is -0.278. The molecule has 21 heavy (non-hydrogen) atoms. The van der Waals surface area contributed by atoms with Crippen molar-refractivity contribution in [2.45, 2.75) is 0 Å². The Hall–Kier alpha value is -2.54. The maximum atomic E-state index is 12.2. The summed E-state index contributed by atoms with van der Waals surface area (Å²) in [6.45, 7) is 2.86. The second-order valence-electron chi connectivity index (χ2n) is 4.56. The van der Waals surface area contributed by atoms with Crippen LogP contribution < -0.4 is 10.2 Å². The van der Waals surface area contributed by atoms with Gasteiger partial charge in [-0.25, -0.2) is 9.97 Å². The molecule has 0 bridgehead atoms. The predicted molar refractivity (Wildman–Crippen MR) is 77.3 cm³/mol. The molecule has 1 fully saturated rings. The van der Waals surface area contributed by atoms with Crippen molar-refractivity contribution in [2.75, 3.05) is 36.5 Å². The van der Waals surface area contributed by atoms with Gasteiger partial charge in [0.2, 0.25) is 0 Å². The van der Waals surface area contributed by atoms with E-state index in [1.165, 1.54) is 6.33 Å². The van der Waals surface area contributed by atoms with Gasteiger partial charge >= 0.3 is 0 Å². The van der Waals surface area contributed by atoms with Gasteiger partial charge in [0, 0.05) is 25.4 Å². The number of ether oxygens (including phenoxy) is 1. The number of aromatic nitrogens is 3. The number of nitrogens with zero attached hydrogens (tertiary/aromatic N) is 4. The van der Waals surface area contributed by atoms with Crippen molar-refractivity contribution in [3.8, 4) is 0 Å². The summed E-state index contributed by atoms with van der Waals surface area (Å²) in [7, 11) is 0. The lowest BCUT2D eigenvalue weighted by molar-refractivity contribution is 0.102. The summed E-state index contributed by atoms with van der Waals surface area (Å²) in [5.41, 5.74) is 0.962. The van der Waals surface area contributed by atoms with Gasteiger partial charge in [-0.3, -0.25) is 9.78 Å². The zero-order chi connectivity index (χ0) is 14.5. The monoisotopic (exact) mass is 285 g/mol. The quantitative estimate of drug-likeness (QED) is 0.904. The fourth-order valence-electron chi connectivity index (χ4n) is 2.07. The molecular formula is C14H15N5O2. The molecule has 0 aliphatic carbocycles. The highest BCUT2D eigenvalue weighted by Gasteiger charge is 2.15. The molecule has 1 amide bonds. The van der Waals surface area contributed by atoms with E-state index in [0.29, 0.717) is 24.6 Å². The first-order chi connectivity index (χ1) is 10.3. The van der Waals surface area contributed by atoms with Crippen LogP contribution in [0, 0.1) is 0 Å². The van der Waals surface area contributed by atoms with Crippen molar-refractivity contribution >= 4 is 17.4 Å². The van der Waals surface area contributed by atoms with Crippen LogP contribution in [0.15, 0.2) is 36.9 Å². The Kier molecular flexibility index (Phi) is 4.02. The highest BCUT2D eigenvalue weighted by molar-refractivity contribution is 6.03. The number of carbonyl (C=O) groups excluding carboxylic acids is 1. The molecule has 0 spiro atoms. The molecule has 1 aliphatic rings. The third-order valence-electron chi connectivity index (χ3n) is 3.14. The number of hydrogen-bond acceptors (Lipinski definition) is 6. The molecule has 1 N–H and O–H groups in total. The molecule has 108 valence electrons. The fraction of sp³-hybridized carbons (Fsp3) is 0.286. The van der Waals surface area contributed by atoms with Crippen LogP contribution in [0.2, 0.25) is 0 Å². The van der Waals surface area contributed by atoms with E-state index in [1.807, 2.05) is 0 Å². The predicted octanol–water partition coefficient (Wildman–Crippen LogP) is 0.960.